The molecule has 1 fully saturated rings. The van der Waals surface area contributed by atoms with Crippen LogP contribution in [0.4, 0.5) is 5.69 Å². The Morgan fingerprint density at radius 2 is 1.29 bits per heavy atom. The first-order valence-corrected chi connectivity index (χ1v) is 7.86. The van der Waals surface area contributed by atoms with Gasteiger partial charge in [-0.1, -0.05) is 0 Å². The fourth-order valence-electron chi connectivity index (χ4n) is 2.26. The summed E-state index contributed by atoms with van der Waals surface area (Å²) in [7, 11) is 0. The molecule has 0 saturated heterocycles. The summed E-state index contributed by atoms with van der Waals surface area (Å²) in [5, 5.41) is 5.67. The normalized spacial score (nSPS) is 13.2. The third-order valence-corrected chi connectivity index (χ3v) is 3.87. The minimum absolute atomic E-state index is 0.0204. The van der Waals surface area contributed by atoms with Gasteiger partial charge in [-0.15, -0.1) is 0 Å². The van der Waals surface area contributed by atoms with Crippen molar-refractivity contribution in [1.29, 1.82) is 0 Å². The molecule has 0 bridgehead atoms. The summed E-state index contributed by atoms with van der Waals surface area (Å²) < 4.78 is 0. The van der Waals surface area contributed by atoms with Gasteiger partial charge in [0.15, 0.2) is 5.78 Å². The minimum Gasteiger partial charge on any atom is -0.349 e. The lowest BCUT2D eigenvalue weighted by atomic mass is 10.1. The predicted octanol–water partition coefficient (Wildman–Crippen LogP) is 3.03. The lowest BCUT2D eigenvalue weighted by Gasteiger charge is -2.07. The Balaban J connectivity index is 1.63. The molecular formula is C19H18N2O3. The molecule has 0 unspecified atom stereocenters. The number of nitrogens with one attached hydrogen (secondary N) is 2. The lowest BCUT2D eigenvalue weighted by molar-refractivity contribution is 0.0948. The molecule has 1 aliphatic rings. The van der Waals surface area contributed by atoms with Crippen molar-refractivity contribution in [2.45, 2.75) is 25.8 Å². The van der Waals surface area contributed by atoms with Crippen molar-refractivity contribution in [1.82, 2.24) is 5.32 Å². The van der Waals surface area contributed by atoms with Crippen molar-refractivity contribution >= 4 is 23.3 Å². The number of anilines is 1. The first-order chi connectivity index (χ1) is 11.5. The van der Waals surface area contributed by atoms with Crippen molar-refractivity contribution in [2.75, 3.05) is 5.32 Å². The highest BCUT2D eigenvalue weighted by atomic mass is 16.2. The number of Topliss-reactive ketones (excluding diaryl/α,β-unsaturated/α-hetero) is 1. The zero-order valence-electron chi connectivity index (χ0n) is 13.3. The SMILES string of the molecule is CC(=O)c1ccc(NC(=O)c2ccc(C(=O)NC3CC3)cc2)cc1. The first-order valence-electron chi connectivity index (χ1n) is 7.86. The van der Waals surface area contributed by atoms with E-state index in [2.05, 4.69) is 10.6 Å². The van der Waals surface area contributed by atoms with Crippen molar-refractivity contribution in [3.05, 3.63) is 65.2 Å². The second-order valence-corrected chi connectivity index (χ2v) is 5.91. The van der Waals surface area contributed by atoms with E-state index in [1.165, 1.54) is 6.92 Å². The third kappa shape index (κ3) is 3.87. The summed E-state index contributed by atoms with van der Waals surface area (Å²) in [4.78, 5) is 35.4. The highest BCUT2D eigenvalue weighted by Crippen LogP contribution is 2.19. The minimum atomic E-state index is -0.264. The van der Waals surface area contributed by atoms with Crippen LogP contribution in [0.25, 0.3) is 0 Å². The third-order valence-electron chi connectivity index (χ3n) is 3.87. The first kappa shape index (κ1) is 15.9. The molecule has 2 amide bonds. The number of ketones is 1. The Morgan fingerprint density at radius 1 is 0.792 bits per heavy atom. The van der Waals surface area contributed by atoms with E-state index >= 15 is 0 Å². The van der Waals surface area contributed by atoms with E-state index in [4.69, 9.17) is 0 Å². The van der Waals surface area contributed by atoms with Gasteiger partial charge < -0.3 is 10.6 Å². The van der Waals surface area contributed by atoms with Crippen molar-refractivity contribution in [3.63, 3.8) is 0 Å². The number of carbonyl (C=O) groups excluding carboxylic acids is 3. The lowest BCUT2D eigenvalue weighted by Crippen LogP contribution is -2.25. The van der Waals surface area contributed by atoms with Gasteiger partial charge in [-0.25, -0.2) is 0 Å². The average molecular weight is 322 g/mol. The Kier molecular flexibility index (Phi) is 4.42. The van der Waals surface area contributed by atoms with Gasteiger partial charge in [-0.3, -0.25) is 14.4 Å². The van der Waals surface area contributed by atoms with Crippen LogP contribution in [0.15, 0.2) is 48.5 Å². The van der Waals surface area contributed by atoms with Crippen LogP contribution >= 0.6 is 0 Å². The molecule has 2 aromatic carbocycles. The maximum absolute atomic E-state index is 12.2. The van der Waals surface area contributed by atoms with E-state index in [1.54, 1.807) is 48.5 Å². The van der Waals surface area contributed by atoms with Crippen LogP contribution < -0.4 is 10.6 Å². The zero-order valence-corrected chi connectivity index (χ0v) is 13.3. The topological polar surface area (TPSA) is 75.3 Å². The van der Waals surface area contributed by atoms with Gasteiger partial charge in [0.25, 0.3) is 11.8 Å². The van der Waals surface area contributed by atoms with Gasteiger partial charge in [-0.2, -0.15) is 0 Å². The Labute approximate surface area is 140 Å². The van der Waals surface area contributed by atoms with Crippen molar-refractivity contribution < 1.29 is 14.4 Å². The smallest absolute Gasteiger partial charge is 0.255 e. The Hall–Kier alpha value is -2.95. The quantitative estimate of drug-likeness (QED) is 0.831. The fourth-order valence-corrected chi connectivity index (χ4v) is 2.26. The van der Waals surface area contributed by atoms with Gasteiger partial charge in [0.1, 0.15) is 0 Å². The monoisotopic (exact) mass is 322 g/mol. The number of hydrogen-bond acceptors (Lipinski definition) is 3. The van der Waals surface area contributed by atoms with E-state index in [0.717, 1.165) is 12.8 Å². The summed E-state index contributed by atoms with van der Waals surface area (Å²) in [5.74, 6) is -0.392. The molecule has 2 aromatic rings. The number of amides is 2. The highest BCUT2D eigenvalue weighted by molar-refractivity contribution is 6.05. The van der Waals surface area contributed by atoms with E-state index in [9.17, 15) is 14.4 Å². The van der Waals surface area contributed by atoms with Gasteiger partial charge in [-0.05, 0) is 68.3 Å². The molecule has 3 rings (SSSR count). The second-order valence-electron chi connectivity index (χ2n) is 5.91. The van der Waals surface area contributed by atoms with Crippen LogP contribution in [0.1, 0.15) is 50.8 Å². The van der Waals surface area contributed by atoms with Gasteiger partial charge in [0, 0.05) is 28.4 Å². The molecule has 5 heteroatoms. The highest BCUT2D eigenvalue weighted by Gasteiger charge is 2.23. The molecule has 0 atom stereocenters. The molecular weight excluding hydrogens is 304 g/mol. The van der Waals surface area contributed by atoms with Crippen LogP contribution in [0.5, 0.6) is 0 Å². The standard InChI is InChI=1S/C19H18N2O3/c1-12(22)13-6-8-16(9-7-13)20-18(23)14-2-4-15(5-3-14)19(24)21-17-10-11-17/h2-9,17H,10-11H2,1H3,(H,20,23)(H,21,24). The van der Waals surface area contributed by atoms with E-state index < -0.39 is 0 Å². The molecule has 24 heavy (non-hydrogen) atoms. The fraction of sp³-hybridized carbons (Fsp3) is 0.211. The second kappa shape index (κ2) is 6.66. The summed E-state index contributed by atoms with van der Waals surface area (Å²) in [5.41, 5.74) is 2.22. The molecule has 0 aliphatic heterocycles. The Morgan fingerprint density at radius 3 is 1.79 bits per heavy atom. The number of hydrogen-bond donors (Lipinski definition) is 2. The number of rotatable bonds is 5. The van der Waals surface area contributed by atoms with E-state index in [1.807, 2.05) is 0 Å². The Bertz CT molecular complexity index is 775. The summed E-state index contributed by atoms with van der Waals surface area (Å²) in [6, 6.07) is 13.6. The zero-order chi connectivity index (χ0) is 17.1. The average Bonchev–Trinajstić information content (AvgIpc) is 3.39. The largest absolute Gasteiger partial charge is 0.349 e. The molecule has 1 aliphatic carbocycles. The van der Waals surface area contributed by atoms with Crippen molar-refractivity contribution in [2.24, 2.45) is 0 Å². The number of carbonyl (C=O) groups is 3. The van der Waals surface area contributed by atoms with Crippen LogP contribution in [0, 0.1) is 0 Å². The molecule has 2 N–H and O–H groups in total. The molecule has 0 spiro atoms. The van der Waals surface area contributed by atoms with Crippen LogP contribution in [-0.2, 0) is 0 Å². The van der Waals surface area contributed by atoms with E-state index in [0.29, 0.717) is 28.4 Å². The molecule has 122 valence electrons. The van der Waals surface area contributed by atoms with Gasteiger partial charge in [0.05, 0.1) is 0 Å². The maximum atomic E-state index is 12.2. The van der Waals surface area contributed by atoms with Crippen LogP contribution in [-0.4, -0.2) is 23.6 Å². The summed E-state index contributed by atoms with van der Waals surface area (Å²) in [6.45, 7) is 1.49. The summed E-state index contributed by atoms with van der Waals surface area (Å²) >= 11 is 0. The molecule has 1 saturated carbocycles. The molecule has 0 aromatic heterocycles. The number of benzene rings is 2. The predicted molar refractivity (Wildman–Crippen MR) is 91.3 cm³/mol. The van der Waals surface area contributed by atoms with Gasteiger partial charge >= 0.3 is 0 Å². The summed E-state index contributed by atoms with van der Waals surface area (Å²) in [6.07, 6.45) is 2.07. The van der Waals surface area contributed by atoms with Crippen LogP contribution in [0.2, 0.25) is 0 Å². The van der Waals surface area contributed by atoms with Crippen molar-refractivity contribution in [3.8, 4) is 0 Å². The van der Waals surface area contributed by atoms with Gasteiger partial charge in [0.2, 0.25) is 0 Å². The maximum Gasteiger partial charge on any atom is 0.255 e. The molecule has 0 heterocycles. The van der Waals surface area contributed by atoms with E-state index in [-0.39, 0.29) is 17.6 Å². The molecule has 5 nitrogen and oxygen atoms in total. The van der Waals surface area contributed by atoms with Crippen LogP contribution in [0.3, 0.4) is 0 Å². The molecule has 0 radical (unpaired) electrons.